The molecule has 2 aromatic rings. The smallest absolute Gasteiger partial charge is 0.280 e. The number of nitrogens with zero attached hydrogens (tertiary/aromatic N) is 2. The van der Waals surface area contributed by atoms with E-state index < -0.39 is 0 Å². The van der Waals surface area contributed by atoms with E-state index in [0.717, 1.165) is 5.69 Å². The van der Waals surface area contributed by atoms with Crippen molar-refractivity contribution in [2.24, 2.45) is 4.99 Å². The Kier molecular flexibility index (Phi) is 4.84. The number of aliphatic imine (C=N–C) groups is 1. The number of rotatable bonds is 2. The number of carbonyl (C=O) groups is 1. The fourth-order valence-corrected chi connectivity index (χ4v) is 1.87. The Bertz CT molecular complexity index is 776. The van der Waals surface area contributed by atoms with E-state index in [9.17, 15) is 9.59 Å². The van der Waals surface area contributed by atoms with Crippen LogP contribution in [-0.4, -0.2) is 27.0 Å². The highest BCUT2D eigenvalue weighted by Gasteiger charge is 2.10. The lowest BCUT2D eigenvalue weighted by molar-refractivity contribution is -0.119. The van der Waals surface area contributed by atoms with Crippen LogP contribution in [-0.2, 0) is 4.79 Å². The Morgan fingerprint density at radius 2 is 2.00 bits per heavy atom. The molecular formula is C14H15N5O2S. The van der Waals surface area contributed by atoms with Gasteiger partial charge in [0, 0.05) is 18.8 Å². The van der Waals surface area contributed by atoms with Crippen LogP contribution in [0.1, 0.15) is 18.2 Å². The van der Waals surface area contributed by atoms with Gasteiger partial charge in [0.25, 0.3) is 5.56 Å². The maximum absolute atomic E-state index is 12.4. The molecule has 22 heavy (non-hydrogen) atoms. The largest absolute Gasteiger partial charge is 0.295 e. The van der Waals surface area contributed by atoms with Gasteiger partial charge in [0.2, 0.25) is 11.0 Å². The highest BCUT2D eigenvalue weighted by Crippen LogP contribution is 2.05. The minimum atomic E-state index is -0.290. The number of aromatic nitrogens is 2. The fraction of sp³-hybridized carbons (Fsp3) is 0.143. The zero-order valence-corrected chi connectivity index (χ0v) is 12.9. The number of para-hydroxylation sites is 1. The van der Waals surface area contributed by atoms with E-state index in [2.05, 4.69) is 20.9 Å². The third kappa shape index (κ3) is 3.67. The molecule has 8 heteroatoms. The molecule has 0 bridgehead atoms. The molecule has 1 amide bonds. The van der Waals surface area contributed by atoms with E-state index in [4.69, 9.17) is 12.2 Å². The number of benzene rings is 1. The van der Waals surface area contributed by atoms with Crippen LogP contribution in [0.25, 0.3) is 5.69 Å². The molecule has 0 aliphatic carbocycles. The molecule has 0 saturated carbocycles. The average Bonchev–Trinajstić information content (AvgIpc) is 2.79. The summed E-state index contributed by atoms with van der Waals surface area (Å²) in [5.74, 6) is -0.290. The molecule has 0 spiro atoms. The number of hydrogen-bond acceptors (Lipinski definition) is 3. The van der Waals surface area contributed by atoms with Crippen LogP contribution < -0.4 is 16.4 Å². The highest BCUT2D eigenvalue weighted by molar-refractivity contribution is 7.80. The summed E-state index contributed by atoms with van der Waals surface area (Å²) >= 11 is 4.92. The second-order valence-corrected chi connectivity index (χ2v) is 4.88. The summed E-state index contributed by atoms with van der Waals surface area (Å²) in [4.78, 5) is 27.1. The third-order valence-corrected chi connectivity index (χ3v) is 3.00. The van der Waals surface area contributed by atoms with Crippen molar-refractivity contribution in [3.05, 3.63) is 51.9 Å². The topological polar surface area (TPSA) is 91.3 Å². The van der Waals surface area contributed by atoms with Crippen molar-refractivity contribution in [3.8, 4) is 5.69 Å². The monoisotopic (exact) mass is 317 g/mol. The van der Waals surface area contributed by atoms with Gasteiger partial charge in [-0.15, -0.1) is 0 Å². The average molecular weight is 317 g/mol. The zero-order valence-electron chi connectivity index (χ0n) is 12.1. The molecule has 0 unspecified atom stereocenters. The van der Waals surface area contributed by atoms with Gasteiger partial charge in [0.05, 0.1) is 11.3 Å². The summed E-state index contributed by atoms with van der Waals surface area (Å²) < 4.78 is 1.43. The molecule has 0 aliphatic rings. The van der Waals surface area contributed by atoms with Gasteiger partial charge in [0.15, 0.2) is 0 Å². The second-order valence-electron chi connectivity index (χ2n) is 4.50. The molecule has 7 nitrogen and oxygen atoms in total. The van der Waals surface area contributed by atoms with Crippen molar-refractivity contribution in [2.45, 2.75) is 13.8 Å². The Hall–Kier alpha value is -2.74. The highest BCUT2D eigenvalue weighted by atomic mass is 32.1. The summed E-state index contributed by atoms with van der Waals surface area (Å²) in [6.45, 7) is 3.11. The molecule has 0 radical (unpaired) electrons. The molecule has 0 aliphatic heterocycles. The normalized spacial score (nSPS) is 10.6. The number of aromatic amines is 1. The van der Waals surface area contributed by atoms with Gasteiger partial charge < -0.3 is 0 Å². The zero-order chi connectivity index (χ0) is 16.1. The number of aryl methyl sites for hydroxylation is 1. The molecular weight excluding hydrogens is 302 g/mol. The van der Waals surface area contributed by atoms with Crippen LogP contribution in [0.4, 0.5) is 0 Å². The number of H-pyrrole nitrogens is 1. The van der Waals surface area contributed by atoms with E-state index in [-0.39, 0.29) is 16.6 Å². The lowest BCUT2D eigenvalue weighted by atomic mass is 10.3. The lowest BCUT2D eigenvalue weighted by Gasteiger charge is -2.01. The molecule has 2 rings (SSSR count). The van der Waals surface area contributed by atoms with Gasteiger partial charge >= 0.3 is 0 Å². The van der Waals surface area contributed by atoms with Gasteiger partial charge in [-0.05, 0) is 31.3 Å². The van der Waals surface area contributed by atoms with Crippen LogP contribution in [0.2, 0.25) is 0 Å². The summed E-state index contributed by atoms with van der Waals surface area (Å²) in [5.41, 5.74) is 6.32. The fourth-order valence-electron chi connectivity index (χ4n) is 1.77. The van der Waals surface area contributed by atoms with Crippen molar-refractivity contribution in [1.29, 1.82) is 0 Å². The first-order valence-electron chi connectivity index (χ1n) is 6.46. The Labute approximate surface area is 132 Å². The Balaban J connectivity index is 2.23. The van der Waals surface area contributed by atoms with E-state index >= 15 is 0 Å². The van der Waals surface area contributed by atoms with Crippen LogP contribution >= 0.6 is 12.2 Å². The van der Waals surface area contributed by atoms with E-state index in [0.29, 0.717) is 11.3 Å². The molecule has 0 fully saturated rings. The van der Waals surface area contributed by atoms with Crippen molar-refractivity contribution in [3.63, 3.8) is 0 Å². The Morgan fingerprint density at radius 1 is 1.32 bits per heavy atom. The second kappa shape index (κ2) is 6.81. The number of hydrogen-bond donors (Lipinski definition) is 3. The number of amides is 1. The maximum Gasteiger partial charge on any atom is 0.280 e. The van der Waals surface area contributed by atoms with E-state index in [1.165, 1.54) is 17.8 Å². The van der Waals surface area contributed by atoms with Crippen molar-refractivity contribution >= 4 is 29.5 Å². The standard InChI is InChI=1S/C14H15N5O2S/c1-9-12(8-15-14(22)17-16-10(2)20)13(21)19(18-9)11-6-4-3-5-7-11/h3-8,18H,1-2H3,(H,16,20)(H,17,22). The number of hydrazine groups is 1. The number of thiocarbonyl (C=S) groups is 1. The van der Waals surface area contributed by atoms with Crippen LogP contribution in [0, 0.1) is 6.92 Å². The van der Waals surface area contributed by atoms with Gasteiger partial charge in [-0.2, -0.15) is 0 Å². The third-order valence-electron chi connectivity index (χ3n) is 2.79. The van der Waals surface area contributed by atoms with E-state index in [1.807, 2.05) is 30.3 Å². The lowest BCUT2D eigenvalue weighted by Crippen LogP contribution is -2.38. The van der Waals surface area contributed by atoms with Crippen molar-refractivity contribution < 1.29 is 4.79 Å². The minimum Gasteiger partial charge on any atom is -0.295 e. The van der Waals surface area contributed by atoms with Gasteiger partial charge in [-0.25, -0.2) is 9.67 Å². The number of nitrogens with one attached hydrogen (secondary N) is 3. The van der Waals surface area contributed by atoms with Crippen molar-refractivity contribution in [1.82, 2.24) is 20.6 Å². The summed E-state index contributed by atoms with van der Waals surface area (Å²) in [6.07, 6.45) is 1.37. The SMILES string of the molecule is CC(=O)NNC(=S)N=Cc1c(C)[nH]n(-c2ccccc2)c1=O. The van der Waals surface area contributed by atoms with Crippen LogP contribution in [0.3, 0.4) is 0 Å². The quantitative estimate of drug-likeness (QED) is 0.434. The molecule has 1 aromatic heterocycles. The minimum absolute atomic E-state index is 0.0569. The molecule has 0 atom stereocenters. The van der Waals surface area contributed by atoms with Crippen LogP contribution in [0.5, 0.6) is 0 Å². The summed E-state index contributed by atoms with van der Waals surface area (Å²) in [5, 5.41) is 3.04. The first-order valence-corrected chi connectivity index (χ1v) is 6.87. The van der Waals surface area contributed by atoms with Crippen LogP contribution in [0.15, 0.2) is 40.1 Å². The maximum atomic E-state index is 12.4. The van der Waals surface area contributed by atoms with Gasteiger partial charge in [-0.1, -0.05) is 18.2 Å². The van der Waals surface area contributed by atoms with Gasteiger partial charge in [-0.3, -0.25) is 25.5 Å². The first-order chi connectivity index (χ1) is 10.5. The number of carbonyl (C=O) groups excluding carboxylic acids is 1. The van der Waals surface area contributed by atoms with Crippen molar-refractivity contribution in [2.75, 3.05) is 0 Å². The molecule has 1 heterocycles. The molecule has 0 saturated heterocycles. The summed E-state index contributed by atoms with van der Waals surface area (Å²) in [6, 6.07) is 9.21. The Morgan fingerprint density at radius 3 is 2.64 bits per heavy atom. The van der Waals surface area contributed by atoms with Gasteiger partial charge in [0.1, 0.15) is 0 Å². The summed E-state index contributed by atoms with van der Waals surface area (Å²) in [7, 11) is 0. The predicted octanol–water partition coefficient (Wildman–Crippen LogP) is 0.819. The molecule has 114 valence electrons. The first kappa shape index (κ1) is 15.6. The predicted molar refractivity (Wildman–Crippen MR) is 88.3 cm³/mol. The molecule has 3 N–H and O–H groups in total. The van der Waals surface area contributed by atoms with E-state index in [1.54, 1.807) is 6.92 Å². The molecule has 1 aromatic carbocycles.